The number of hydrogen-bond donors (Lipinski definition) is 1. The van der Waals surface area contributed by atoms with Gasteiger partial charge >= 0.3 is 103 Å². The molecule has 11 nitrogen and oxygen atoms in total. The zero-order valence-corrected chi connectivity index (χ0v) is 20.2. The number of aromatic carboxylic acids is 1. The van der Waals surface area contributed by atoms with Gasteiger partial charge in [0.05, 0.1) is 35.8 Å². The van der Waals surface area contributed by atoms with Crippen LogP contribution in [0.25, 0.3) is 0 Å². The summed E-state index contributed by atoms with van der Waals surface area (Å²) in [7, 11) is -3.51. The summed E-state index contributed by atoms with van der Waals surface area (Å²) in [5, 5.41) is 27.0. The van der Waals surface area contributed by atoms with Crippen molar-refractivity contribution in [2.75, 3.05) is 0 Å². The topological polar surface area (TPSA) is 176 Å². The maximum Gasteiger partial charge on any atom is 1.00 e. The van der Waals surface area contributed by atoms with Gasteiger partial charge in [0.2, 0.25) is 5.91 Å². The number of aromatic amines is 1. The molecule has 0 aliphatic carbocycles. The molecule has 2 aliphatic heterocycles. The van der Waals surface area contributed by atoms with Crippen molar-refractivity contribution in [3.8, 4) is 0 Å². The number of H-pyrrole nitrogens is 1. The third kappa shape index (κ3) is 4.73. The molecule has 0 spiro atoms. The van der Waals surface area contributed by atoms with Crippen molar-refractivity contribution in [2.45, 2.75) is 30.0 Å². The molecule has 0 bridgehead atoms. The number of carbonyl (C=O) groups is 3. The standard InChI is InChI=1S/C7H9NO5S.C3H3N3O2.2K/c1-3-6(7(10)11)8-4(9)2-5(8)14(3,12)13;7-3(8)2-1-4-6-5-2;;/h3,5-6H,2H2,1H3,(H,10,11);1H,(H,7,8)(H,4,5,6);;/q;;2*+1/p-2/t3-,5-,6+;;;/m0.../s1. The molecule has 1 aromatic heterocycles. The predicted octanol–water partition coefficient (Wildman–Crippen LogP) is -10.3. The number of β-lactam (4-membered cyclic amide) rings is 1. The van der Waals surface area contributed by atoms with Crippen molar-refractivity contribution in [3.63, 3.8) is 0 Å². The Kier molecular flexibility index (Phi) is 9.94. The Morgan fingerprint density at radius 1 is 1.33 bits per heavy atom. The van der Waals surface area contributed by atoms with Gasteiger partial charge < -0.3 is 24.7 Å². The maximum atomic E-state index is 11.5. The van der Waals surface area contributed by atoms with E-state index in [4.69, 9.17) is 0 Å². The maximum absolute atomic E-state index is 11.5. The van der Waals surface area contributed by atoms with Crippen LogP contribution in [0.4, 0.5) is 0 Å². The number of carboxylic acid groups (broad SMARTS) is 2. The molecule has 24 heavy (non-hydrogen) atoms. The zero-order valence-electron chi connectivity index (χ0n) is 13.1. The minimum atomic E-state index is -3.51. The number of carboxylic acids is 2. The van der Waals surface area contributed by atoms with Crippen LogP contribution >= 0.6 is 0 Å². The molecule has 120 valence electrons. The van der Waals surface area contributed by atoms with Crippen LogP contribution in [0.3, 0.4) is 0 Å². The average Bonchev–Trinajstić information content (AvgIpc) is 2.99. The fourth-order valence-corrected chi connectivity index (χ4v) is 4.31. The van der Waals surface area contributed by atoms with Gasteiger partial charge in [0, 0.05) is 0 Å². The molecule has 2 fully saturated rings. The van der Waals surface area contributed by atoms with Crippen molar-refractivity contribution in [1.82, 2.24) is 20.3 Å². The van der Waals surface area contributed by atoms with Crippen LogP contribution in [0.15, 0.2) is 6.20 Å². The van der Waals surface area contributed by atoms with E-state index in [1.54, 1.807) is 0 Å². The number of aliphatic carboxylic acids is 1. The summed E-state index contributed by atoms with van der Waals surface area (Å²) >= 11 is 0. The Balaban J connectivity index is 0.000000460. The van der Waals surface area contributed by atoms with Crippen LogP contribution in [-0.4, -0.2) is 63.2 Å². The second-order valence-electron chi connectivity index (χ2n) is 4.66. The summed E-state index contributed by atoms with van der Waals surface area (Å²) in [6, 6.07) is -1.31. The normalized spacial score (nSPS) is 25.8. The smallest absolute Gasteiger partial charge is 0.548 e. The molecular formula is C10H10K2N4O7S. The molecule has 0 aromatic carbocycles. The Bertz CT molecular complexity index is 724. The monoisotopic (exact) mass is 408 g/mol. The molecule has 1 N–H and O–H groups in total. The van der Waals surface area contributed by atoms with Gasteiger partial charge in [-0.2, -0.15) is 0 Å². The average molecular weight is 408 g/mol. The molecule has 3 rings (SSSR count). The SMILES string of the molecule is C[C@H]1[C@H](C(=O)[O-])N2C(=O)C[C@@H]2S1(=O)=O.O=C([O-])c1c[nH]nn1.[K+].[K+]. The first-order valence-electron chi connectivity index (χ1n) is 6.00. The molecule has 2 saturated heterocycles. The first-order chi connectivity index (χ1) is 10.2. The summed E-state index contributed by atoms with van der Waals surface area (Å²) < 4.78 is 23.1. The van der Waals surface area contributed by atoms with Gasteiger partial charge in [-0.15, -0.1) is 5.10 Å². The Hall–Kier alpha value is 0.773. The minimum Gasteiger partial charge on any atom is -0.548 e. The first-order valence-corrected chi connectivity index (χ1v) is 7.61. The Labute approximate surface area is 221 Å². The van der Waals surface area contributed by atoms with E-state index >= 15 is 0 Å². The van der Waals surface area contributed by atoms with Crippen LogP contribution < -0.4 is 113 Å². The molecule has 2 aliphatic rings. The van der Waals surface area contributed by atoms with E-state index in [0.29, 0.717) is 0 Å². The largest absolute Gasteiger partial charge is 1.00 e. The van der Waals surface area contributed by atoms with Gasteiger partial charge in [0.25, 0.3) is 0 Å². The van der Waals surface area contributed by atoms with E-state index in [2.05, 4.69) is 15.4 Å². The fraction of sp³-hybridized carbons (Fsp3) is 0.500. The molecule has 0 radical (unpaired) electrons. The summed E-state index contributed by atoms with van der Waals surface area (Å²) in [6.07, 6.45) is 1.05. The molecule has 0 unspecified atom stereocenters. The van der Waals surface area contributed by atoms with Crippen LogP contribution in [0.5, 0.6) is 0 Å². The first kappa shape index (κ1) is 24.8. The number of sulfone groups is 1. The summed E-state index contributed by atoms with van der Waals surface area (Å²) in [4.78, 5) is 32.4. The van der Waals surface area contributed by atoms with E-state index in [0.717, 1.165) is 11.1 Å². The third-order valence-corrected chi connectivity index (χ3v) is 5.90. The number of amides is 1. The number of fused-ring (bicyclic) bond motifs is 1. The van der Waals surface area contributed by atoms with Gasteiger partial charge in [0.15, 0.2) is 9.84 Å². The van der Waals surface area contributed by atoms with E-state index in [9.17, 15) is 33.0 Å². The Morgan fingerprint density at radius 3 is 2.21 bits per heavy atom. The summed E-state index contributed by atoms with van der Waals surface area (Å²) in [6.45, 7) is 1.29. The molecule has 3 atom stereocenters. The molecular weight excluding hydrogens is 398 g/mol. The molecule has 1 aromatic rings. The summed E-state index contributed by atoms with van der Waals surface area (Å²) in [5.41, 5.74) is -0.176. The Morgan fingerprint density at radius 2 is 1.92 bits per heavy atom. The number of aromatic nitrogens is 3. The van der Waals surface area contributed by atoms with Crippen LogP contribution in [-0.2, 0) is 19.4 Å². The van der Waals surface area contributed by atoms with Gasteiger partial charge in [-0.25, -0.2) is 8.42 Å². The summed E-state index contributed by atoms with van der Waals surface area (Å²) in [5.74, 6) is -3.26. The van der Waals surface area contributed by atoms with E-state index in [1.165, 1.54) is 6.92 Å². The van der Waals surface area contributed by atoms with Crippen molar-refractivity contribution >= 4 is 27.7 Å². The van der Waals surface area contributed by atoms with Crippen molar-refractivity contribution in [1.29, 1.82) is 0 Å². The van der Waals surface area contributed by atoms with Gasteiger partial charge in [0.1, 0.15) is 11.1 Å². The zero-order chi connectivity index (χ0) is 16.7. The third-order valence-electron chi connectivity index (χ3n) is 3.46. The van der Waals surface area contributed by atoms with Crippen LogP contribution in [0, 0.1) is 0 Å². The van der Waals surface area contributed by atoms with E-state index in [1.807, 2.05) is 0 Å². The molecule has 0 saturated carbocycles. The number of carbonyl (C=O) groups excluding carboxylic acids is 3. The van der Waals surface area contributed by atoms with Crippen LogP contribution in [0.2, 0.25) is 0 Å². The molecule has 14 heteroatoms. The second kappa shape index (κ2) is 9.63. The predicted molar refractivity (Wildman–Crippen MR) is 63.1 cm³/mol. The van der Waals surface area contributed by atoms with E-state index in [-0.39, 0.29) is 115 Å². The van der Waals surface area contributed by atoms with E-state index < -0.39 is 44.3 Å². The van der Waals surface area contributed by atoms with Crippen LogP contribution in [0.1, 0.15) is 23.8 Å². The van der Waals surface area contributed by atoms with Gasteiger partial charge in [-0.05, 0) is 6.92 Å². The number of nitrogens with zero attached hydrogens (tertiary/aromatic N) is 3. The minimum absolute atomic E-state index is 0. The molecule has 3 heterocycles. The quantitative estimate of drug-likeness (QED) is 0.367. The fourth-order valence-electron chi connectivity index (χ4n) is 2.27. The number of nitrogens with one attached hydrogen (secondary N) is 1. The second-order valence-corrected chi connectivity index (χ2v) is 7.13. The van der Waals surface area contributed by atoms with Crippen molar-refractivity contribution < 1.29 is 136 Å². The van der Waals surface area contributed by atoms with Gasteiger partial charge in [-0.3, -0.25) is 9.89 Å². The van der Waals surface area contributed by atoms with Crippen molar-refractivity contribution in [3.05, 3.63) is 11.9 Å². The van der Waals surface area contributed by atoms with Crippen molar-refractivity contribution in [2.24, 2.45) is 0 Å². The molecule has 1 amide bonds. The number of hydrogen-bond acceptors (Lipinski definition) is 9. The number of rotatable bonds is 2. The van der Waals surface area contributed by atoms with Gasteiger partial charge in [-0.1, -0.05) is 5.21 Å².